The first-order chi connectivity index (χ1) is 8.13. The fraction of sp³-hybridized carbons (Fsp3) is 0.500. The Morgan fingerprint density at radius 1 is 1.35 bits per heavy atom. The Bertz CT molecular complexity index is 354. The zero-order chi connectivity index (χ0) is 12.7. The monoisotopic (exact) mass is 231 g/mol. The molecule has 0 heterocycles. The molecule has 1 heteroatoms. The first kappa shape index (κ1) is 14.0. The summed E-state index contributed by atoms with van der Waals surface area (Å²) in [5.74, 6) is 0. The van der Waals surface area contributed by atoms with Gasteiger partial charge in [0.05, 0.1) is 0 Å². The predicted octanol–water partition coefficient (Wildman–Crippen LogP) is 3.87. The van der Waals surface area contributed by atoms with Crippen LogP contribution in [0.1, 0.15) is 37.8 Å². The molecule has 0 aliphatic heterocycles. The summed E-state index contributed by atoms with van der Waals surface area (Å²) in [6, 6.07) is 9.23. The van der Waals surface area contributed by atoms with Gasteiger partial charge < -0.3 is 5.32 Å². The quantitative estimate of drug-likeness (QED) is 0.702. The van der Waals surface area contributed by atoms with E-state index in [4.69, 9.17) is 0 Å². The third-order valence-electron chi connectivity index (χ3n) is 3.11. The summed E-state index contributed by atoms with van der Waals surface area (Å²) in [6.07, 6.45) is 3.42. The van der Waals surface area contributed by atoms with E-state index < -0.39 is 0 Å². The lowest BCUT2D eigenvalue weighted by atomic mass is 9.98. The molecule has 1 rings (SSSR count). The molecule has 0 fully saturated rings. The van der Waals surface area contributed by atoms with Gasteiger partial charge in [0.15, 0.2) is 0 Å². The van der Waals surface area contributed by atoms with Gasteiger partial charge in [-0.05, 0) is 50.8 Å². The maximum atomic E-state index is 4.01. The fourth-order valence-corrected chi connectivity index (χ4v) is 2.21. The zero-order valence-corrected chi connectivity index (χ0v) is 11.4. The predicted molar refractivity (Wildman–Crippen MR) is 76.4 cm³/mol. The first-order valence-electron chi connectivity index (χ1n) is 6.55. The van der Waals surface area contributed by atoms with Gasteiger partial charge in [0, 0.05) is 6.04 Å². The highest BCUT2D eigenvalue weighted by Gasteiger charge is 2.08. The van der Waals surface area contributed by atoms with E-state index in [9.17, 15) is 0 Å². The van der Waals surface area contributed by atoms with E-state index in [2.05, 4.69) is 56.9 Å². The molecule has 0 bridgehead atoms. The van der Waals surface area contributed by atoms with Gasteiger partial charge in [-0.1, -0.05) is 36.8 Å². The van der Waals surface area contributed by atoms with E-state index in [0.717, 1.165) is 19.4 Å². The maximum Gasteiger partial charge on any atom is 0.0107 e. The Labute approximate surface area is 106 Å². The Hall–Kier alpha value is -1.08. The molecule has 1 aromatic rings. The third-order valence-corrected chi connectivity index (χ3v) is 3.11. The average molecular weight is 231 g/mol. The van der Waals surface area contributed by atoms with Crippen LogP contribution in [0.2, 0.25) is 0 Å². The number of hydrogen-bond donors (Lipinski definition) is 1. The van der Waals surface area contributed by atoms with Crippen molar-refractivity contribution in [3.63, 3.8) is 0 Å². The van der Waals surface area contributed by atoms with Crippen LogP contribution in [0, 0.1) is 6.92 Å². The molecule has 0 aliphatic carbocycles. The summed E-state index contributed by atoms with van der Waals surface area (Å²) in [6.45, 7) is 11.5. The molecule has 0 spiro atoms. The van der Waals surface area contributed by atoms with Crippen LogP contribution in [0.4, 0.5) is 0 Å². The van der Waals surface area contributed by atoms with Crippen molar-refractivity contribution in [2.45, 2.75) is 46.1 Å². The van der Waals surface area contributed by atoms with Crippen LogP contribution >= 0.6 is 0 Å². The lowest BCUT2D eigenvalue weighted by molar-refractivity contribution is 0.489. The highest BCUT2D eigenvalue weighted by molar-refractivity contribution is 5.25. The normalized spacial score (nSPS) is 12.4. The van der Waals surface area contributed by atoms with Gasteiger partial charge in [-0.3, -0.25) is 0 Å². The van der Waals surface area contributed by atoms with Crippen LogP contribution in [0.5, 0.6) is 0 Å². The lowest BCUT2D eigenvalue weighted by Gasteiger charge is -2.18. The molecular weight excluding hydrogens is 206 g/mol. The van der Waals surface area contributed by atoms with Crippen molar-refractivity contribution in [1.29, 1.82) is 0 Å². The van der Waals surface area contributed by atoms with Crippen molar-refractivity contribution in [1.82, 2.24) is 5.32 Å². The van der Waals surface area contributed by atoms with Crippen molar-refractivity contribution in [2.75, 3.05) is 6.54 Å². The molecule has 0 amide bonds. The van der Waals surface area contributed by atoms with Crippen molar-refractivity contribution in [3.05, 3.63) is 47.5 Å². The first-order valence-corrected chi connectivity index (χ1v) is 6.55. The maximum absolute atomic E-state index is 4.01. The lowest BCUT2D eigenvalue weighted by Crippen LogP contribution is -2.29. The molecule has 1 atom stereocenters. The van der Waals surface area contributed by atoms with E-state index >= 15 is 0 Å². The summed E-state index contributed by atoms with van der Waals surface area (Å²) >= 11 is 0. The Morgan fingerprint density at radius 2 is 2.06 bits per heavy atom. The molecule has 0 saturated heterocycles. The van der Waals surface area contributed by atoms with Gasteiger partial charge in [-0.25, -0.2) is 0 Å². The number of nitrogens with one attached hydrogen (secondary N) is 1. The second-order valence-corrected chi connectivity index (χ2v) is 4.88. The minimum atomic E-state index is 0.567. The molecule has 94 valence electrons. The number of aryl methyl sites for hydroxylation is 2. The van der Waals surface area contributed by atoms with Crippen molar-refractivity contribution in [3.8, 4) is 0 Å². The van der Waals surface area contributed by atoms with E-state index in [1.165, 1.54) is 23.1 Å². The molecule has 1 nitrogen and oxygen atoms in total. The van der Waals surface area contributed by atoms with Gasteiger partial charge >= 0.3 is 0 Å². The Morgan fingerprint density at radius 3 is 2.65 bits per heavy atom. The van der Waals surface area contributed by atoms with Gasteiger partial charge in [0.1, 0.15) is 0 Å². The van der Waals surface area contributed by atoms with Gasteiger partial charge in [0.2, 0.25) is 0 Å². The van der Waals surface area contributed by atoms with Crippen LogP contribution in [0.25, 0.3) is 0 Å². The molecule has 0 aliphatic rings. The highest BCUT2D eigenvalue weighted by Crippen LogP contribution is 2.13. The van der Waals surface area contributed by atoms with Crippen LogP contribution in [0.15, 0.2) is 36.4 Å². The molecule has 0 aromatic heterocycles. The van der Waals surface area contributed by atoms with E-state index in [1.54, 1.807) is 0 Å². The Kier molecular flexibility index (Phi) is 5.99. The summed E-state index contributed by atoms with van der Waals surface area (Å²) < 4.78 is 0. The minimum Gasteiger partial charge on any atom is -0.314 e. The topological polar surface area (TPSA) is 12.0 Å². The molecule has 0 saturated carbocycles. The number of hydrogen-bond acceptors (Lipinski definition) is 1. The second-order valence-electron chi connectivity index (χ2n) is 4.88. The standard InChI is InChI=1S/C16H25N/c1-5-17-16(12-13(2)3)11-10-15-9-7-6-8-14(15)4/h6-9,16-17H,2,5,10-12H2,1,3-4H3. The third kappa shape index (κ3) is 5.18. The zero-order valence-electron chi connectivity index (χ0n) is 11.4. The Balaban J connectivity index is 2.51. The second kappa shape index (κ2) is 7.29. The molecule has 1 N–H and O–H groups in total. The molecular formula is C16H25N. The summed E-state index contributed by atoms with van der Waals surface area (Å²) in [5, 5.41) is 3.54. The fourth-order valence-electron chi connectivity index (χ4n) is 2.21. The van der Waals surface area contributed by atoms with Gasteiger partial charge in [-0.15, -0.1) is 6.58 Å². The van der Waals surface area contributed by atoms with Crippen LogP contribution in [-0.2, 0) is 6.42 Å². The number of rotatable bonds is 7. The summed E-state index contributed by atoms with van der Waals surface area (Å²) in [5.41, 5.74) is 4.14. The van der Waals surface area contributed by atoms with Crippen LogP contribution in [-0.4, -0.2) is 12.6 Å². The smallest absolute Gasteiger partial charge is 0.0107 e. The van der Waals surface area contributed by atoms with Crippen molar-refractivity contribution in [2.24, 2.45) is 0 Å². The number of benzene rings is 1. The minimum absolute atomic E-state index is 0.567. The van der Waals surface area contributed by atoms with Crippen LogP contribution in [0.3, 0.4) is 0 Å². The van der Waals surface area contributed by atoms with Crippen LogP contribution < -0.4 is 5.32 Å². The average Bonchev–Trinajstić information content (AvgIpc) is 2.27. The van der Waals surface area contributed by atoms with Gasteiger partial charge in [0.25, 0.3) is 0 Å². The largest absolute Gasteiger partial charge is 0.314 e. The summed E-state index contributed by atoms with van der Waals surface area (Å²) in [4.78, 5) is 0. The van der Waals surface area contributed by atoms with Crippen molar-refractivity contribution >= 4 is 0 Å². The SMILES string of the molecule is C=C(C)CC(CCc1ccccc1C)NCC. The molecule has 1 unspecified atom stereocenters. The molecule has 0 radical (unpaired) electrons. The van der Waals surface area contributed by atoms with Crippen molar-refractivity contribution < 1.29 is 0 Å². The van der Waals surface area contributed by atoms with E-state index in [1.807, 2.05) is 0 Å². The molecule has 17 heavy (non-hydrogen) atoms. The molecule has 1 aromatic carbocycles. The van der Waals surface area contributed by atoms with E-state index in [0.29, 0.717) is 6.04 Å². The van der Waals surface area contributed by atoms with Gasteiger partial charge in [-0.2, -0.15) is 0 Å². The highest BCUT2D eigenvalue weighted by atomic mass is 14.9. The summed E-state index contributed by atoms with van der Waals surface area (Å²) in [7, 11) is 0. The van der Waals surface area contributed by atoms with E-state index in [-0.39, 0.29) is 0 Å².